The fraction of sp³-hybridized carbons (Fsp3) is 0.0400. The van der Waals surface area contributed by atoms with E-state index in [-0.39, 0.29) is 0 Å². The minimum absolute atomic E-state index is 0.488. The normalized spacial score (nSPS) is 10.9. The number of halogens is 2. The smallest absolute Gasteiger partial charge is 0.143 e. The van der Waals surface area contributed by atoms with E-state index in [0.29, 0.717) is 6.61 Å². The van der Waals surface area contributed by atoms with Gasteiger partial charge in [0.1, 0.15) is 29.3 Å². The number of benzene rings is 3. The van der Waals surface area contributed by atoms with Gasteiger partial charge in [0.2, 0.25) is 0 Å². The Morgan fingerprint density at radius 2 is 1.66 bits per heavy atom. The van der Waals surface area contributed by atoms with Crippen LogP contribution in [0.1, 0.15) is 5.56 Å². The molecule has 0 bridgehead atoms. The predicted octanol–water partition coefficient (Wildman–Crippen LogP) is 8.10. The molecule has 158 valence electrons. The van der Waals surface area contributed by atoms with Crippen molar-refractivity contribution in [2.24, 2.45) is 0 Å². The van der Waals surface area contributed by atoms with Crippen molar-refractivity contribution in [1.29, 1.82) is 0 Å². The van der Waals surface area contributed by atoms with Crippen LogP contribution < -0.4 is 10.1 Å². The molecule has 32 heavy (non-hydrogen) atoms. The van der Waals surface area contributed by atoms with Gasteiger partial charge in [-0.25, -0.2) is 9.97 Å². The third kappa shape index (κ3) is 4.63. The van der Waals surface area contributed by atoms with Gasteiger partial charge in [0, 0.05) is 26.1 Å². The van der Waals surface area contributed by atoms with Crippen LogP contribution in [0.3, 0.4) is 0 Å². The van der Waals surface area contributed by atoms with Gasteiger partial charge in [0.05, 0.1) is 5.39 Å². The third-order valence-corrected chi connectivity index (χ3v) is 6.63. The highest BCUT2D eigenvalue weighted by atomic mass is 79.9. The van der Waals surface area contributed by atoms with Crippen LogP contribution in [0.2, 0.25) is 5.02 Å². The highest BCUT2D eigenvalue weighted by molar-refractivity contribution is 9.10. The highest BCUT2D eigenvalue weighted by Crippen LogP contribution is 2.37. The SMILES string of the molecule is Clc1ccc(COc2ccc(Nc3ncnc4scc(-c5ccc(Br)cc5)c34)cc2)cc1. The zero-order valence-corrected chi connectivity index (χ0v) is 19.9. The molecule has 0 aliphatic carbocycles. The lowest BCUT2D eigenvalue weighted by molar-refractivity contribution is 0.306. The topological polar surface area (TPSA) is 47.0 Å². The van der Waals surface area contributed by atoms with Gasteiger partial charge < -0.3 is 10.1 Å². The number of thiophene rings is 1. The van der Waals surface area contributed by atoms with E-state index in [9.17, 15) is 0 Å². The summed E-state index contributed by atoms with van der Waals surface area (Å²) >= 11 is 11.0. The molecule has 0 radical (unpaired) electrons. The third-order valence-electron chi connectivity index (χ3n) is 4.96. The lowest BCUT2D eigenvalue weighted by Crippen LogP contribution is -1.97. The second kappa shape index (κ2) is 9.28. The van der Waals surface area contributed by atoms with Gasteiger partial charge in [-0.3, -0.25) is 0 Å². The van der Waals surface area contributed by atoms with Crippen LogP contribution in [0.15, 0.2) is 89.0 Å². The van der Waals surface area contributed by atoms with E-state index in [0.717, 1.165) is 53.7 Å². The van der Waals surface area contributed by atoms with E-state index in [2.05, 4.69) is 48.7 Å². The lowest BCUT2D eigenvalue weighted by atomic mass is 10.1. The molecule has 5 aromatic rings. The van der Waals surface area contributed by atoms with Crippen LogP contribution in [-0.4, -0.2) is 9.97 Å². The summed E-state index contributed by atoms with van der Waals surface area (Å²) in [4.78, 5) is 9.91. The van der Waals surface area contributed by atoms with Crippen molar-refractivity contribution in [2.45, 2.75) is 6.61 Å². The summed E-state index contributed by atoms with van der Waals surface area (Å²) in [6.07, 6.45) is 1.59. The summed E-state index contributed by atoms with van der Waals surface area (Å²) in [5.74, 6) is 1.58. The van der Waals surface area contributed by atoms with Crippen molar-refractivity contribution >= 4 is 60.6 Å². The van der Waals surface area contributed by atoms with Crippen molar-refractivity contribution in [3.8, 4) is 16.9 Å². The van der Waals surface area contributed by atoms with Gasteiger partial charge in [-0.05, 0) is 59.7 Å². The monoisotopic (exact) mass is 521 g/mol. The van der Waals surface area contributed by atoms with Crippen molar-refractivity contribution in [3.63, 3.8) is 0 Å². The Kier molecular flexibility index (Phi) is 6.08. The summed E-state index contributed by atoms with van der Waals surface area (Å²) in [5, 5.41) is 7.30. The maximum absolute atomic E-state index is 5.93. The van der Waals surface area contributed by atoms with Crippen LogP contribution in [0, 0.1) is 0 Å². The Labute approximate surface area is 203 Å². The fourth-order valence-corrected chi connectivity index (χ4v) is 4.64. The number of hydrogen-bond donors (Lipinski definition) is 1. The molecule has 0 atom stereocenters. The fourth-order valence-electron chi connectivity index (χ4n) is 3.33. The zero-order chi connectivity index (χ0) is 21.9. The largest absolute Gasteiger partial charge is 0.489 e. The first kappa shape index (κ1) is 20.9. The molecular weight excluding hydrogens is 506 g/mol. The Morgan fingerprint density at radius 3 is 2.41 bits per heavy atom. The molecule has 5 rings (SSSR count). The minimum Gasteiger partial charge on any atom is -0.489 e. The summed E-state index contributed by atoms with van der Waals surface area (Å²) in [7, 11) is 0. The number of hydrogen-bond acceptors (Lipinski definition) is 5. The maximum atomic E-state index is 5.93. The number of aromatic nitrogens is 2. The maximum Gasteiger partial charge on any atom is 0.143 e. The van der Waals surface area contributed by atoms with Crippen LogP contribution >= 0.6 is 38.9 Å². The van der Waals surface area contributed by atoms with Gasteiger partial charge in [-0.2, -0.15) is 0 Å². The Bertz CT molecular complexity index is 1350. The van der Waals surface area contributed by atoms with Crippen molar-refractivity contribution in [3.05, 3.63) is 99.6 Å². The molecular formula is C25H17BrClN3OS. The number of anilines is 2. The molecule has 0 saturated heterocycles. The molecule has 2 aromatic heterocycles. The Hall–Kier alpha value is -2.93. The molecule has 0 amide bonds. The van der Waals surface area contributed by atoms with Gasteiger partial charge >= 0.3 is 0 Å². The molecule has 1 N–H and O–H groups in total. The van der Waals surface area contributed by atoms with Crippen LogP contribution in [0.5, 0.6) is 5.75 Å². The molecule has 3 aromatic carbocycles. The number of rotatable bonds is 6. The minimum atomic E-state index is 0.488. The average molecular weight is 523 g/mol. The first-order valence-corrected chi connectivity index (χ1v) is 11.9. The van der Waals surface area contributed by atoms with Gasteiger partial charge in [-0.1, -0.05) is 51.8 Å². The quantitative estimate of drug-likeness (QED) is 0.245. The summed E-state index contributed by atoms with van der Waals surface area (Å²) in [5.41, 5.74) is 4.24. The summed E-state index contributed by atoms with van der Waals surface area (Å²) in [6.45, 7) is 0.488. The Morgan fingerprint density at radius 1 is 0.906 bits per heavy atom. The molecule has 7 heteroatoms. The van der Waals surface area contributed by atoms with Crippen LogP contribution in [0.4, 0.5) is 11.5 Å². The molecule has 0 spiro atoms. The molecule has 0 aliphatic heterocycles. The molecule has 4 nitrogen and oxygen atoms in total. The molecule has 0 fully saturated rings. The Balaban J connectivity index is 1.35. The first-order valence-electron chi connectivity index (χ1n) is 9.88. The first-order chi connectivity index (χ1) is 15.7. The van der Waals surface area contributed by atoms with Crippen molar-refractivity contribution in [2.75, 3.05) is 5.32 Å². The second-order valence-corrected chi connectivity index (χ2v) is 9.33. The summed E-state index contributed by atoms with van der Waals surface area (Å²) < 4.78 is 6.93. The molecule has 0 unspecified atom stereocenters. The predicted molar refractivity (Wildman–Crippen MR) is 136 cm³/mol. The van der Waals surface area contributed by atoms with E-state index in [4.69, 9.17) is 16.3 Å². The standard InChI is InChI=1S/C25H17BrClN3OS/c26-18-5-3-17(4-6-18)22-14-32-25-23(22)24(28-15-29-25)30-20-9-11-21(12-10-20)31-13-16-1-7-19(27)8-2-16/h1-12,14-15H,13H2,(H,28,29,30). The average Bonchev–Trinajstić information content (AvgIpc) is 3.25. The molecule has 0 aliphatic rings. The van der Waals surface area contributed by atoms with E-state index in [1.165, 1.54) is 0 Å². The van der Waals surface area contributed by atoms with Crippen LogP contribution in [-0.2, 0) is 6.61 Å². The number of ether oxygens (including phenoxy) is 1. The van der Waals surface area contributed by atoms with E-state index < -0.39 is 0 Å². The van der Waals surface area contributed by atoms with Crippen LogP contribution in [0.25, 0.3) is 21.3 Å². The zero-order valence-electron chi connectivity index (χ0n) is 16.8. The second-order valence-electron chi connectivity index (χ2n) is 7.12. The van der Waals surface area contributed by atoms with E-state index in [1.807, 2.05) is 60.7 Å². The molecule has 0 saturated carbocycles. The number of nitrogens with one attached hydrogen (secondary N) is 1. The van der Waals surface area contributed by atoms with E-state index >= 15 is 0 Å². The lowest BCUT2D eigenvalue weighted by Gasteiger charge is -2.10. The van der Waals surface area contributed by atoms with Crippen molar-refractivity contribution in [1.82, 2.24) is 9.97 Å². The van der Waals surface area contributed by atoms with Gasteiger partial charge in [0.15, 0.2) is 0 Å². The molecule has 2 heterocycles. The highest BCUT2D eigenvalue weighted by Gasteiger charge is 2.13. The summed E-state index contributed by atoms with van der Waals surface area (Å²) in [6, 6.07) is 23.8. The number of fused-ring (bicyclic) bond motifs is 1. The van der Waals surface area contributed by atoms with Gasteiger partial charge in [0.25, 0.3) is 0 Å². The van der Waals surface area contributed by atoms with E-state index in [1.54, 1.807) is 17.7 Å². The van der Waals surface area contributed by atoms with Gasteiger partial charge in [-0.15, -0.1) is 11.3 Å². The van der Waals surface area contributed by atoms with Crippen molar-refractivity contribution < 1.29 is 4.74 Å². The number of nitrogens with zero attached hydrogens (tertiary/aromatic N) is 2.